The van der Waals surface area contributed by atoms with Gasteiger partial charge in [0.25, 0.3) is 0 Å². The highest BCUT2D eigenvalue weighted by Gasteiger charge is 2.27. The number of rotatable bonds is 3. The zero-order valence-electron chi connectivity index (χ0n) is 8.18. The Balaban J connectivity index is 2.15. The molecule has 0 aromatic carbocycles. The molecule has 1 aromatic rings. The van der Waals surface area contributed by atoms with E-state index in [1.807, 2.05) is 12.3 Å². The quantitative estimate of drug-likeness (QED) is 0.589. The van der Waals surface area contributed by atoms with Crippen LogP contribution in [0.2, 0.25) is 0 Å². The highest BCUT2D eigenvalue weighted by molar-refractivity contribution is 7.98. The average molecular weight is 210 g/mol. The molecule has 1 unspecified atom stereocenters. The SMILES string of the molecule is CSc1cc(N2CCC2CN)ncn1. The van der Waals surface area contributed by atoms with Gasteiger partial charge in [-0.2, -0.15) is 0 Å². The van der Waals surface area contributed by atoms with Gasteiger partial charge in [-0.25, -0.2) is 9.97 Å². The lowest BCUT2D eigenvalue weighted by molar-refractivity contribution is 0.451. The molecule has 0 amide bonds. The Morgan fingerprint density at radius 1 is 1.64 bits per heavy atom. The third kappa shape index (κ3) is 1.69. The number of nitrogens with zero attached hydrogens (tertiary/aromatic N) is 3. The van der Waals surface area contributed by atoms with E-state index in [1.54, 1.807) is 18.1 Å². The Morgan fingerprint density at radius 3 is 3.07 bits per heavy atom. The summed E-state index contributed by atoms with van der Waals surface area (Å²) in [6.45, 7) is 1.77. The molecule has 1 atom stereocenters. The van der Waals surface area contributed by atoms with Crippen molar-refractivity contribution in [3.63, 3.8) is 0 Å². The number of anilines is 1. The summed E-state index contributed by atoms with van der Waals surface area (Å²) in [5.74, 6) is 1.01. The topological polar surface area (TPSA) is 55.0 Å². The largest absolute Gasteiger partial charge is 0.352 e. The normalized spacial score (nSPS) is 20.7. The van der Waals surface area contributed by atoms with E-state index in [9.17, 15) is 0 Å². The summed E-state index contributed by atoms with van der Waals surface area (Å²) in [6, 6.07) is 2.49. The first-order chi connectivity index (χ1) is 6.85. The van der Waals surface area contributed by atoms with Gasteiger partial charge in [0.15, 0.2) is 0 Å². The molecule has 76 valence electrons. The summed E-state index contributed by atoms with van der Waals surface area (Å²) in [5.41, 5.74) is 5.64. The van der Waals surface area contributed by atoms with E-state index in [4.69, 9.17) is 5.73 Å². The molecular formula is C9H14N4S. The van der Waals surface area contributed by atoms with Gasteiger partial charge in [-0.1, -0.05) is 0 Å². The first-order valence-corrected chi connectivity index (χ1v) is 5.90. The smallest absolute Gasteiger partial charge is 0.133 e. The summed E-state index contributed by atoms with van der Waals surface area (Å²) in [6.07, 6.45) is 4.81. The van der Waals surface area contributed by atoms with Crippen molar-refractivity contribution in [1.82, 2.24) is 9.97 Å². The third-order valence-electron chi connectivity index (χ3n) is 2.55. The van der Waals surface area contributed by atoms with Crippen LogP contribution < -0.4 is 10.6 Å². The molecule has 0 spiro atoms. The third-order valence-corrected chi connectivity index (χ3v) is 3.19. The van der Waals surface area contributed by atoms with Gasteiger partial charge < -0.3 is 10.6 Å². The van der Waals surface area contributed by atoms with Gasteiger partial charge in [0.1, 0.15) is 17.2 Å². The van der Waals surface area contributed by atoms with Crippen LogP contribution in [0.4, 0.5) is 5.82 Å². The fraction of sp³-hybridized carbons (Fsp3) is 0.556. The van der Waals surface area contributed by atoms with Gasteiger partial charge >= 0.3 is 0 Å². The van der Waals surface area contributed by atoms with Crippen LogP contribution in [0.15, 0.2) is 17.4 Å². The molecule has 1 saturated heterocycles. The van der Waals surface area contributed by atoms with Gasteiger partial charge in [-0.3, -0.25) is 0 Å². The second-order valence-electron chi connectivity index (χ2n) is 3.29. The zero-order chi connectivity index (χ0) is 9.97. The summed E-state index contributed by atoms with van der Waals surface area (Å²) in [7, 11) is 0. The zero-order valence-corrected chi connectivity index (χ0v) is 9.00. The molecule has 0 bridgehead atoms. The van der Waals surface area contributed by atoms with Gasteiger partial charge in [0.2, 0.25) is 0 Å². The fourth-order valence-corrected chi connectivity index (χ4v) is 1.96. The molecule has 2 heterocycles. The number of aromatic nitrogens is 2. The van der Waals surface area contributed by atoms with Crippen molar-refractivity contribution >= 4 is 17.6 Å². The summed E-state index contributed by atoms with van der Waals surface area (Å²) >= 11 is 1.63. The van der Waals surface area contributed by atoms with Crippen molar-refractivity contribution in [2.24, 2.45) is 5.73 Å². The molecule has 1 fully saturated rings. The first kappa shape index (κ1) is 9.73. The van der Waals surface area contributed by atoms with Crippen LogP contribution >= 0.6 is 11.8 Å². The molecule has 2 N–H and O–H groups in total. The van der Waals surface area contributed by atoms with Crippen LogP contribution in [0.1, 0.15) is 6.42 Å². The van der Waals surface area contributed by atoms with Crippen LogP contribution in [0.25, 0.3) is 0 Å². The highest BCUT2D eigenvalue weighted by Crippen LogP contribution is 2.25. The van der Waals surface area contributed by atoms with E-state index in [-0.39, 0.29) is 0 Å². The summed E-state index contributed by atoms with van der Waals surface area (Å²) in [4.78, 5) is 10.6. The van der Waals surface area contributed by atoms with Crippen molar-refractivity contribution in [2.75, 3.05) is 24.2 Å². The van der Waals surface area contributed by atoms with E-state index in [1.165, 1.54) is 6.42 Å². The van der Waals surface area contributed by atoms with Crippen molar-refractivity contribution < 1.29 is 0 Å². The molecule has 4 nitrogen and oxygen atoms in total. The lowest BCUT2D eigenvalue weighted by Gasteiger charge is -2.41. The predicted octanol–water partition coefficient (Wildman–Crippen LogP) is 0.736. The lowest BCUT2D eigenvalue weighted by atomic mass is 10.0. The van der Waals surface area contributed by atoms with Gasteiger partial charge in [0.05, 0.1) is 0 Å². The minimum atomic E-state index is 0.472. The van der Waals surface area contributed by atoms with Crippen molar-refractivity contribution in [3.8, 4) is 0 Å². The van der Waals surface area contributed by atoms with Gasteiger partial charge in [-0.05, 0) is 12.7 Å². The Kier molecular flexibility index (Phi) is 2.88. The number of thioether (sulfide) groups is 1. The van der Waals surface area contributed by atoms with E-state index >= 15 is 0 Å². The van der Waals surface area contributed by atoms with Gasteiger partial charge in [0, 0.05) is 25.2 Å². The fourth-order valence-electron chi connectivity index (χ4n) is 1.59. The van der Waals surface area contributed by atoms with E-state index in [2.05, 4.69) is 14.9 Å². The van der Waals surface area contributed by atoms with Crippen LogP contribution in [-0.2, 0) is 0 Å². The maximum atomic E-state index is 5.64. The second-order valence-corrected chi connectivity index (χ2v) is 4.12. The Labute approximate surface area is 87.9 Å². The number of hydrogen-bond donors (Lipinski definition) is 1. The molecule has 2 rings (SSSR count). The molecule has 1 aliphatic heterocycles. The van der Waals surface area contributed by atoms with Crippen molar-refractivity contribution in [3.05, 3.63) is 12.4 Å². The van der Waals surface area contributed by atoms with Gasteiger partial charge in [-0.15, -0.1) is 11.8 Å². The summed E-state index contributed by atoms with van der Waals surface area (Å²) < 4.78 is 0. The predicted molar refractivity (Wildman–Crippen MR) is 58.6 cm³/mol. The first-order valence-electron chi connectivity index (χ1n) is 4.68. The number of nitrogens with two attached hydrogens (primary N) is 1. The molecule has 0 radical (unpaired) electrons. The standard InChI is InChI=1S/C9H14N4S/c1-14-9-4-8(11-6-12-9)13-3-2-7(13)5-10/h4,6-7H,2-3,5,10H2,1H3. The number of hydrogen-bond acceptors (Lipinski definition) is 5. The van der Waals surface area contributed by atoms with Crippen molar-refractivity contribution in [2.45, 2.75) is 17.5 Å². The maximum Gasteiger partial charge on any atom is 0.133 e. The van der Waals surface area contributed by atoms with Crippen LogP contribution in [0, 0.1) is 0 Å². The molecule has 14 heavy (non-hydrogen) atoms. The summed E-state index contributed by atoms with van der Waals surface area (Å²) in [5, 5.41) is 1.01. The second kappa shape index (κ2) is 4.14. The monoisotopic (exact) mass is 210 g/mol. The van der Waals surface area contributed by atoms with E-state index < -0.39 is 0 Å². The van der Waals surface area contributed by atoms with Crippen LogP contribution in [-0.4, -0.2) is 35.4 Å². The molecule has 1 aromatic heterocycles. The van der Waals surface area contributed by atoms with Crippen LogP contribution in [0.5, 0.6) is 0 Å². The van der Waals surface area contributed by atoms with Crippen molar-refractivity contribution in [1.29, 1.82) is 0 Å². The Bertz CT molecular complexity index is 315. The maximum absolute atomic E-state index is 5.64. The Hall–Kier alpha value is -0.810. The highest BCUT2D eigenvalue weighted by atomic mass is 32.2. The molecule has 1 aliphatic rings. The lowest BCUT2D eigenvalue weighted by Crippen LogP contribution is -2.52. The molecular weight excluding hydrogens is 196 g/mol. The molecule has 0 saturated carbocycles. The average Bonchev–Trinajstić information content (AvgIpc) is 2.17. The molecule has 5 heteroatoms. The van der Waals surface area contributed by atoms with E-state index in [0.717, 1.165) is 17.4 Å². The minimum absolute atomic E-state index is 0.472. The molecule has 0 aliphatic carbocycles. The minimum Gasteiger partial charge on any atom is -0.352 e. The van der Waals surface area contributed by atoms with E-state index in [0.29, 0.717) is 12.6 Å². The Morgan fingerprint density at radius 2 is 2.50 bits per heavy atom. The van der Waals surface area contributed by atoms with Crippen LogP contribution in [0.3, 0.4) is 0 Å².